The molecule has 0 spiro atoms. The van der Waals surface area contributed by atoms with E-state index in [1.165, 1.54) is 5.56 Å². The molecule has 1 aromatic carbocycles. The lowest BCUT2D eigenvalue weighted by Gasteiger charge is -2.37. The Morgan fingerprint density at radius 3 is 1.88 bits per heavy atom. The third-order valence-electron chi connectivity index (χ3n) is 6.40. The van der Waals surface area contributed by atoms with Crippen LogP contribution in [-0.2, 0) is 21.4 Å². The number of nitrogens with zero attached hydrogens (tertiary/aromatic N) is 4. The number of likely N-dealkylation sites (N-methyl/N-ethyl adjacent to an activating group) is 2. The second-order valence-corrected chi connectivity index (χ2v) is 10.4. The Morgan fingerprint density at radius 1 is 0.848 bits per heavy atom. The summed E-state index contributed by atoms with van der Waals surface area (Å²) in [5, 5.41) is 19.1. The Balaban J connectivity index is 2.32. The first-order valence-electron chi connectivity index (χ1n) is 11.8. The molecule has 2 rings (SSSR count). The van der Waals surface area contributed by atoms with Crippen molar-refractivity contribution in [3.63, 3.8) is 0 Å². The molecule has 1 atom stereocenters. The molecule has 0 saturated carbocycles. The minimum atomic E-state index is -0.859. The van der Waals surface area contributed by atoms with Crippen LogP contribution >= 0.6 is 0 Å². The van der Waals surface area contributed by atoms with Crippen molar-refractivity contribution in [3.8, 4) is 0 Å². The smallest absolute Gasteiger partial charge is 0.317 e. The van der Waals surface area contributed by atoms with Crippen molar-refractivity contribution in [3.05, 3.63) is 35.4 Å². The highest BCUT2D eigenvalue weighted by atomic mass is 16.4. The molecule has 1 aliphatic heterocycles. The van der Waals surface area contributed by atoms with Gasteiger partial charge in [-0.1, -0.05) is 45.0 Å². The molecule has 2 N–H and O–H groups in total. The van der Waals surface area contributed by atoms with Gasteiger partial charge in [0.15, 0.2) is 0 Å². The molecule has 0 amide bonds. The van der Waals surface area contributed by atoms with E-state index >= 15 is 0 Å². The molecule has 1 saturated heterocycles. The van der Waals surface area contributed by atoms with Crippen LogP contribution in [0.1, 0.15) is 31.9 Å². The highest BCUT2D eigenvalue weighted by Gasteiger charge is 2.26. The lowest BCUT2D eigenvalue weighted by Crippen LogP contribution is -2.52. The summed E-state index contributed by atoms with van der Waals surface area (Å²) < 4.78 is 0. The number of hydrogen-bond acceptors (Lipinski definition) is 6. The van der Waals surface area contributed by atoms with E-state index in [-0.39, 0.29) is 24.5 Å². The molecule has 1 aliphatic rings. The summed E-state index contributed by atoms with van der Waals surface area (Å²) in [6, 6.07) is 8.43. The van der Waals surface area contributed by atoms with Crippen LogP contribution in [0.3, 0.4) is 0 Å². The highest BCUT2D eigenvalue weighted by Crippen LogP contribution is 2.23. The van der Waals surface area contributed by atoms with Crippen molar-refractivity contribution >= 4 is 11.9 Å². The van der Waals surface area contributed by atoms with Gasteiger partial charge in [0, 0.05) is 51.9 Å². The summed E-state index contributed by atoms with van der Waals surface area (Å²) in [5.41, 5.74) is 2.45. The number of aliphatic carboxylic acids is 2. The van der Waals surface area contributed by atoms with Crippen LogP contribution in [0.4, 0.5) is 0 Å². The summed E-state index contributed by atoms with van der Waals surface area (Å²) in [6.07, 6.45) is 0.674. The minimum absolute atomic E-state index is 0.0475. The van der Waals surface area contributed by atoms with Gasteiger partial charge in [-0.05, 0) is 37.1 Å². The van der Waals surface area contributed by atoms with Crippen molar-refractivity contribution in [2.75, 3.05) is 73.0 Å². The topological polar surface area (TPSA) is 87.6 Å². The van der Waals surface area contributed by atoms with Crippen LogP contribution in [0.15, 0.2) is 24.3 Å². The monoisotopic (exact) mass is 462 g/mol. The first-order chi connectivity index (χ1) is 15.4. The fourth-order valence-corrected chi connectivity index (χ4v) is 4.19. The quantitative estimate of drug-likeness (QED) is 0.659. The Bertz CT molecular complexity index is 763. The zero-order valence-corrected chi connectivity index (χ0v) is 21.0. The van der Waals surface area contributed by atoms with Gasteiger partial charge in [-0.15, -0.1) is 0 Å². The van der Waals surface area contributed by atoms with E-state index in [1.807, 2.05) is 9.80 Å². The molecule has 1 heterocycles. The third-order valence-corrected chi connectivity index (χ3v) is 6.40. The molecule has 1 fully saturated rings. The maximum atomic E-state index is 11.7. The van der Waals surface area contributed by atoms with Gasteiger partial charge < -0.3 is 20.0 Å². The zero-order valence-electron chi connectivity index (χ0n) is 21.0. The Kier molecular flexibility index (Phi) is 10.3. The largest absolute Gasteiger partial charge is 0.480 e. The predicted octanol–water partition coefficient (Wildman–Crippen LogP) is 1.55. The van der Waals surface area contributed by atoms with Gasteiger partial charge in [-0.25, -0.2) is 0 Å². The van der Waals surface area contributed by atoms with Crippen LogP contribution in [0, 0.1) is 0 Å². The SMILES string of the molecule is CN1CCN(C)CCN(CC(=O)O)C(Cc2ccc(C(C)(C)C)cc2)CN(CC(=O)O)CC1. The summed E-state index contributed by atoms with van der Waals surface area (Å²) in [4.78, 5) is 31.7. The van der Waals surface area contributed by atoms with Gasteiger partial charge >= 0.3 is 11.9 Å². The summed E-state index contributed by atoms with van der Waals surface area (Å²) >= 11 is 0. The van der Waals surface area contributed by atoms with Gasteiger partial charge in [0.2, 0.25) is 0 Å². The Hall–Kier alpha value is -2.00. The van der Waals surface area contributed by atoms with E-state index in [0.717, 1.165) is 31.7 Å². The third kappa shape index (κ3) is 9.80. The van der Waals surface area contributed by atoms with E-state index in [2.05, 4.69) is 68.9 Å². The van der Waals surface area contributed by atoms with E-state index in [4.69, 9.17) is 0 Å². The average molecular weight is 463 g/mol. The van der Waals surface area contributed by atoms with Crippen molar-refractivity contribution < 1.29 is 19.8 Å². The van der Waals surface area contributed by atoms with Gasteiger partial charge in [-0.2, -0.15) is 0 Å². The lowest BCUT2D eigenvalue weighted by molar-refractivity contribution is -0.141. The first kappa shape index (κ1) is 27.2. The van der Waals surface area contributed by atoms with E-state index in [9.17, 15) is 19.8 Å². The van der Waals surface area contributed by atoms with Gasteiger partial charge in [-0.3, -0.25) is 19.4 Å². The van der Waals surface area contributed by atoms with Gasteiger partial charge in [0.1, 0.15) is 0 Å². The number of hydrogen-bond donors (Lipinski definition) is 2. The van der Waals surface area contributed by atoms with Crippen molar-refractivity contribution in [2.45, 2.75) is 38.6 Å². The molecule has 33 heavy (non-hydrogen) atoms. The lowest BCUT2D eigenvalue weighted by atomic mass is 9.86. The number of carbonyl (C=O) groups is 2. The number of benzene rings is 1. The molecule has 0 bridgehead atoms. The molecule has 1 aromatic rings. The molecule has 8 heteroatoms. The van der Waals surface area contributed by atoms with Crippen LogP contribution in [0.5, 0.6) is 0 Å². The molecular weight excluding hydrogens is 420 g/mol. The van der Waals surface area contributed by atoms with E-state index in [1.54, 1.807) is 0 Å². The molecular formula is C25H42N4O4. The van der Waals surface area contributed by atoms with E-state index in [0.29, 0.717) is 26.1 Å². The summed E-state index contributed by atoms with van der Waals surface area (Å²) in [6.45, 7) is 11.5. The van der Waals surface area contributed by atoms with Crippen LogP contribution in [0.2, 0.25) is 0 Å². The molecule has 0 radical (unpaired) electrons. The molecule has 186 valence electrons. The maximum Gasteiger partial charge on any atom is 0.317 e. The second-order valence-electron chi connectivity index (χ2n) is 10.4. The van der Waals surface area contributed by atoms with Crippen molar-refractivity contribution in [1.29, 1.82) is 0 Å². The van der Waals surface area contributed by atoms with Crippen LogP contribution < -0.4 is 0 Å². The first-order valence-corrected chi connectivity index (χ1v) is 11.8. The van der Waals surface area contributed by atoms with Crippen LogP contribution in [0.25, 0.3) is 0 Å². The second kappa shape index (κ2) is 12.5. The fraction of sp³-hybridized carbons (Fsp3) is 0.680. The molecule has 0 aliphatic carbocycles. The fourth-order valence-electron chi connectivity index (χ4n) is 4.19. The Labute approximate surface area is 198 Å². The molecule has 0 aromatic heterocycles. The molecule has 8 nitrogen and oxygen atoms in total. The average Bonchev–Trinajstić information content (AvgIpc) is 2.71. The number of rotatable bonds is 6. The van der Waals surface area contributed by atoms with Gasteiger partial charge in [0.25, 0.3) is 0 Å². The number of carboxylic acids is 2. The highest BCUT2D eigenvalue weighted by molar-refractivity contribution is 5.69. The van der Waals surface area contributed by atoms with Gasteiger partial charge in [0.05, 0.1) is 13.1 Å². The van der Waals surface area contributed by atoms with Crippen LogP contribution in [-0.4, -0.2) is 121 Å². The zero-order chi connectivity index (χ0) is 24.6. The standard InChI is InChI=1S/C25H42N4O4/c1-25(2,3)21-8-6-20(7-9-21)16-22-17-28(18-23(30)31)14-12-26(4)10-11-27(5)13-15-29(22)19-24(32)33/h6-9,22H,10-19H2,1-5H3,(H,30,31)(H,32,33). The summed E-state index contributed by atoms with van der Waals surface area (Å²) in [5.74, 6) is -1.72. The summed E-state index contributed by atoms with van der Waals surface area (Å²) in [7, 11) is 4.12. The molecule has 1 unspecified atom stereocenters. The minimum Gasteiger partial charge on any atom is -0.480 e. The van der Waals surface area contributed by atoms with Crippen molar-refractivity contribution in [2.24, 2.45) is 0 Å². The van der Waals surface area contributed by atoms with E-state index < -0.39 is 11.9 Å². The maximum absolute atomic E-state index is 11.7. The Morgan fingerprint density at radius 2 is 1.36 bits per heavy atom. The normalized spacial score (nSPS) is 21.3. The predicted molar refractivity (Wildman–Crippen MR) is 131 cm³/mol. The van der Waals surface area contributed by atoms with Crippen molar-refractivity contribution in [1.82, 2.24) is 19.6 Å². The number of carboxylic acid groups (broad SMARTS) is 2.